The Morgan fingerprint density at radius 2 is 1.75 bits per heavy atom. The molecule has 0 bridgehead atoms. The largest absolute Gasteiger partial charge is 0.496 e. The van der Waals surface area contributed by atoms with Crippen LogP contribution >= 0.6 is 11.3 Å². The first-order chi connectivity index (χ1) is 21.4. The van der Waals surface area contributed by atoms with Crippen LogP contribution in [0.15, 0.2) is 75.7 Å². The van der Waals surface area contributed by atoms with E-state index in [2.05, 4.69) is 18.7 Å². The fourth-order valence-corrected chi connectivity index (χ4v) is 6.89. The number of anilines is 1. The van der Waals surface area contributed by atoms with Crippen molar-refractivity contribution < 1.29 is 19.0 Å². The summed E-state index contributed by atoms with van der Waals surface area (Å²) >= 11 is 1.30. The maximum absolute atomic E-state index is 14.4. The summed E-state index contributed by atoms with van der Waals surface area (Å²) < 4.78 is 19.4. The topological polar surface area (TPSA) is 82.4 Å². The van der Waals surface area contributed by atoms with Crippen molar-refractivity contribution in [2.75, 3.05) is 38.8 Å². The molecule has 0 N–H and O–H groups in total. The van der Waals surface area contributed by atoms with Crippen LogP contribution in [0.25, 0.3) is 16.8 Å². The number of hydrogen-bond acceptors (Lipinski definition) is 8. The molecule has 5 rings (SSSR count). The van der Waals surface area contributed by atoms with Gasteiger partial charge < -0.3 is 19.1 Å². The Morgan fingerprint density at radius 3 is 2.43 bits per heavy atom. The number of benzene rings is 3. The smallest absolute Gasteiger partial charge is 0.338 e. The fourth-order valence-electron chi connectivity index (χ4n) is 5.88. The van der Waals surface area contributed by atoms with E-state index in [0.29, 0.717) is 38.5 Å². The lowest BCUT2D eigenvalue weighted by atomic mass is 9.90. The molecule has 9 heteroatoms. The summed E-state index contributed by atoms with van der Waals surface area (Å²) in [6, 6.07) is 17.0. The molecule has 1 aliphatic heterocycles. The summed E-state index contributed by atoms with van der Waals surface area (Å²) in [7, 11) is 3.24. The number of nitrogens with zero attached hydrogens (tertiary/aromatic N) is 3. The zero-order chi connectivity index (χ0) is 31.4. The van der Waals surface area contributed by atoms with Crippen LogP contribution in [0.4, 0.5) is 5.69 Å². The zero-order valence-electron chi connectivity index (χ0n) is 26.2. The molecule has 0 amide bonds. The van der Waals surface area contributed by atoms with Crippen molar-refractivity contribution >= 4 is 39.8 Å². The molecule has 1 atom stereocenters. The second kappa shape index (κ2) is 13.5. The minimum atomic E-state index is -0.790. The summed E-state index contributed by atoms with van der Waals surface area (Å²) in [6.07, 6.45) is 3.18. The number of methoxy groups -OCH3 is 2. The second-order valence-corrected chi connectivity index (χ2v) is 11.4. The summed E-state index contributed by atoms with van der Waals surface area (Å²) in [4.78, 5) is 35.8. The third-order valence-corrected chi connectivity index (χ3v) is 8.93. The van der Waals surface area contributed by atoms with Gasteiger partial charge in [-0.05, 0) is 62.2 Å². The van der Waals surface area contributed by atoms with Gasteiger partial charge in [-0.3, -0.25) is 9.36 Å². The van der Waals surface area contributed by atoms with Gasteiger partial charge in [-0.25, -0.2) is 9.79 Å². The Kier molecular flexibility index (Phi) is 9.54. The molecule has 0 aliphatic carbocycles. The first-order valence-corrected chi connectivity index (χ1v) is 15.9. The molecule has 3 aromatic carbocycles. The second-order valence-electron chi connectivity index (χ2n) is 10.4. The number of carbonyl (C=O) groups excluding carboxylic acids is 1. The summed E-state index contributed by atoms with van der Waals surface area (Å²) in [6.45, 7) is 10.00. The van der Waals surface area contributed by atoms with Crippen LogP contribution in [-0.2, 0) is 9.53 Å². The monoisotopic (exact) mass is 613 g/mol. The molecule has 0 saturated heterocycles. The van der Waals surface area contributed by atoms with E-state index in [1.165, 1.54) is 11.3 Å². The Bertz CT molecular complexity index is 1900. The third-order valence-electron chi connectivity index (χ3n) is 7.95. The van der Waals surface area contributed by atoms with Crippen LogP contribution in [-0.4, -0.2) is 44.5 Å². The van der Waals surface area contributed by atoms with Crippen molar-refractivity contribution in [3.05, 3.63) is 96.7 Å². The summed E-state index contributed by atoms with van der Waals surface area (Å²) in [5.74, 6) is 0.769. The van der Waals surface area contributed by atoms with Crippen molar-refractivity contribution in [1.82, 2.24) is 4.57 Å². The zero-order valence-corrected chi connectivity index (χ0v) is 27.0. The van der Waals surface area contributed by atoms with Gasteiger partial charge in [0.15, 0.2) is 4.80 Å². The lowest BCUT2D eigenvalue weighted by molar-refractivity contribution is -0.139. The molecule has 8 nitrogen and oxygen atoms in total. The fraction of sp³-hybridized carbons (Fsp3) is 0.343. The SMILES string of the molecule is CCCC1=C(C(=O)OCC)C(c2c(OC)ccc3ccccc23)n2c(s/c(=C/c3ccc(N(CC)CC)cc3OC)c2=O)=N1. The first kappa shape index (κ1) is 31.1. The van der Waals surface area contributed by atoms with E-state index in [4.69, 9.17) is 19.2 Å². The molecule has 1 unspecified atom stereocenters. The maximum Gasteiger partial charge on any atom is 0.338 e. The molecular weight excluding hydrogens is 574 g/mol. The van der Waals surface area contributed by atoms with Crippen LogP contribution in [0.5, 0.6) is 11.5 Å². The van der Waals surface area contributed by atoms with Gasteiger partial charge in [0.05, 0.1) is 36.6 Å². The van der Waals surface area contributed by atoms with Gasteiger partial charge in [-0.15, -0.1) is 0 Å². The predicted octanol–water partition coefficient (Wildman–Crippen LogP) is 5.60. The van der Waals surface area contributed by atoms with Crippen molar-refractivity contribution in [3.63, 3.8) is 0 Å². The molecule has 1 aromatic heterocycles. The van der Waals surface area contributed by atoms with Gasteiger partial charge in [0, 0.05) is 36.0 Å². The quantitative estimate of drug-likeness (QED) is 0.205. The standard InChI is InChI=1S/C35H39N3O5S/c1-7-13-26-31(34(40)43-10-4)32(30-25-15-12-11-14-22(25)17-19-27(30)41-5)38-33(39)29(44-35(38)36-26)20-23-16-18-24(21-28(23)42-6)37(8-2)9-3/h11-12,14-21,32H,7-10,13H2,1-6H3/b29-20+. The molecule has 2 heterocycles. The Balaban J connectivity index is 1.82. The van der Waals surface area contributed by atoms with Gasteiger partial charge in [0.2, 0.25) is 0 Å². The van der Waals surface area contributed by atoms with Gasteiger partial charge in [-0.1, -0.05) is 55.0 Å². The molecule has 0 saturated carbocycles. The maximum atomic E-state index is 14.4. The molecule has 0 fully saturated rings. The number of hydrogen-bond donors (Lipinski definition) is 0. The van der Waals surface area contributed by atoms with Crippen LogP contribution in [0.2, 0.25) is 0 Å². The number of thiazole rings is 1. The highest BCUT2D eigenvalue weighted by Gasteiger charge is 2.37. The number of ether oxygens (including phenoxy) is 3. The predicted molar refractivity (Wildman–Crippen MR) is 177 cm³/mol. The van der Waals surface area contributed by atoms with Crippen molar-refractivity contribution in [2.45, 2.75) is 46.6 Å². The van der Waals surface area contributed by atoms with E-state index in [9.17, 15) is 9.59 Å². The van der Waals surface area contributed by atoms with Crippen molar-refractivity contribution in [2.24, 2.45) is 4.99 Å². The van der Waals surface area contributed by atoms with Gasteiger partial charge in [0.25, 0.3) is 5.56 Å². The van der Waals surface area contributed by atoms with Crippen LogP contribution in [0.3, 0.4) is 0 Å². The first-order valence-electron chi connectivity index (χ1n) is 15.1. The molecule has 1 aliphatic rings. The van der Waals surface area contributed by atoms with Gasteiger partial charge in [0.1, 0.15) is 17.5 Å². The number of esters is 1. The van der Waals surface area contributed by atoms with Crippen LogP contribution < -0.4 is 29.3 Å². The number of carbonyl (C=O) groups is 1. The molecule has 44 heavy (non-hydrogen) atoms. The minimum Gasteiger partial charge on any atom is -0.496 e. The highest BCUT2D eigenvalue weighted by atomic mass is 32.1. The average Bonchev–Trinajstić information content (AvgIpc) is 3.35. The number of allylic oxidation sites excluding steroid dienone is 1. The molecule has 4 aromatic rings. The molecule has 0 radical (unpaired) electrons. The Labute approximate surface area is 261 Å². The lowest BCUT2D eigenvalue weighted by Crippen LogP contribution is -2.40. The van der Waals surface area contributed by atoms with E-state index in [1.807, 2.05) is 67.6 Å². The van der Waals surface area contributed by atoms with Crippen LogP contribution in [0, 0.1) is 0 Å². The highest BCUT2D eigenvalue weighted by Crippen LogP contribution is 2.41. The van der Waals surface area contributed by atoms with E-state index in [-0.39, 0.29) is 12.2 Å². The van der Waals surface area contributed by atoms with Gasteiger partial charge in [-0.2, -0.15) is 0 Å². The molecule has 230 valence electrons. The van der Waals surface area contributed by atoms with E-state index >= 15 is 0 Å². The van der Waals surface area contributed by atoms with Crippen molar-refractivity contribution in [3.8, 4) is 11.5 Å². The Hall–Kier alpha value is -4.37. The molecule has 0 spiro atoms. The molecular formula is C35H39N3O5S. The van der Waals surface area contributed by atoms with E-state index in [0.717, 1.165) is 47.1 Å². The minimum absolute atomic E-state index is 0.203. The number of rotatable bonds is 11. The van der Waals surface area contributed by atoms with E-state index in [1.54, 1.807) is 25.7 Å². The average molecular weight is 614 g/mol. The Morgan fingerprint density at radius 1 is 1.00 bits per heavy atom. The van der Waals surface area contributed by atoms with E-state index < -0.39 is 12.0 Å². The summed E-state index contributed by atoms with van der Waals surface area (Å²) in [5, 5.41) is 1.86. The van der Waals surface area contributed by atoms with Crippen LogP contribution in [0.1, 0.15) is 57.7 Å². The normalized spacial score (nSPS) is 14.8. The highest BCUT2D eigenvalue weighted by molar-refractivity contribution is 7.07. The summed E-state index contributed by atoms with van der Waals surface area (Å²) in [5.41, 5.74) is 3.30. The van der Waals surface area contributed by atoms with Crippen molar-refractivity contribution in [1.29, 1.82) is 0 Å². The number of aromatic nitrogens is 1. The third kappa shape index (κ3) is 5.64. The lowest BCUT2D eigenvalue weighted by Gasteiger charge is -2.28. The number of fused-ring (bicyclic) bond motifs is 2. The van der Waals surface area contributed by atoms with Gasteiger partial charge >= 0.3 is 5.97 Å².